The molecule has 4 N–H and O–H groups in total. The van der Waals surface area contributed by atoms with Gasteiger partial charge in [-0.15, -0.1) is 0 Å². The van der Waals surface area contributed by atoms with Gasteiger partial charge in [0, 0.05) is 28.9 Å². The van der Waals surface area contributed by atoms with Gasteiger partial charge in [-0.25, -0.2) is 0 Å². The highest BCUT2D eigenvalue weighted by Crippen LogP contribution is 2.31. The Bertz CT molecular complexity index is 1170. The van der Waals surface area contributed by atoms with Crippen LogP contribution in [-0.4, -0.2) is 50.1 Å². The molecule has 9 heteroatoms. The van der Waals surface area contributed by atoms with Crippen molar-refractivity contribution in [2.45, 2.75) is 66.1 Å². The number of rotatable bonds is 11. The van der Waals surface area contributed by atoms with Gasteiger partial charge in [0.1, 0.15) is 18.5 Å². The number of aliphatic hydroxyl groups is 2. The van der Waals surface area contributed by atoms with Crippen molar-refractivity contribution >= 4 is 5.91 Å². The van der Waals surface area contributed by atoms with Crippen molar-refractivity contribution in [3.63, 3.8) is 0 Å². The standard InChI is InChI=1S/C26H34N4O5/c1-6-17-10-18(8-15(4)23(17)34-13-21(31)12-22(32)24(27)33)25-29-26(35-30-25)19-9-16(5)28-20(11-19)7-14(2)3/h8-11,14,21-22,31-32H,6-7,12-13H2,1-5H3,(H2,27,33)/t21-,22?/m0/s1. The average Bonchev–Trinajstić information content (AvgIpc) is 3.27. The number of primary amides is 1. The van der Waals surface area contributed by atoms with E-state index < -0.39 is 18.1 Å². The lowest BCUT2D eigenvalue weighted by atomic mass is 10.0. The predicted octanol–water partition coefficient (Wildman–Crippen LogP) is 3.15. The van der Waals surface area contributed by atoms with Crippen molar-refractivity contribution in [1.29, 1.82) is 0 Å². The van der Waals surface area contributed by atoms with E-state index in [4.69, 9.17) is 15.0 Å². The van der Waals surface area contributed by atoms with Crippen molar-refractivity contribution in [3.05, 3.63) is 46.8 Å². The van der Waals surface area contributed by atoms with Gasteiger partial charge in [-0.1, -0.05) is 25.9 Å². The Morgan fingerprint density at radius 2 is 1.86 bits per heavy atom. The van der Waals surface area contributed by atoms with Crippen LogP contribution in [0.2, 0.25) is 0 Å². The number of aryl methyl sites for hydroxylation is 3. The summed E-state index contributed by atoms with van der Waals surface area (Å²) in [6, 6.07) is 7.76. The Kier molecular flexibility index (Phi) is 8.58. The SMILES string of the molecule is CCc1cc(-c2noc(-c3cc(C)nc(CC(C)C)c3)n2)cc(C)c1OC[C@@H](O)CC(O)C(N)=O. The Morgan fingerprint density at radius 3 is 2.51 bits per heavy atom. The Labute approximate surface area is 205 Å². The molecule has 2 heterocycles. The van der Waals surface area contributed by atoms with Gasteiger partial charge in [0.2, 0.25) is 11.7 Å². The zero-order valence-electron chi connectivity index (χ0n) is 20.9. The molecule has 2 aromatic heterocycles. The second-order valence-corrected chi connectivity index (χ2v) is 9.26. The number of aliphatic hydroxyl groups excluding tert-OH is 2. The molecule has 0 aliphatic heterocycles. The summed E-state index contributed by atoms with van der Waals surface area (Å²) in [6.45, 7) is 10.1. The number of pyridine rings is 1. The summed E-state index contributed by atoms with van der Waals surface area (Å²) in [7, 11) is 0. The summed E-state index contributed by atoms with van der Waals surface area (Å²) >= 11 is 0. The maximum Gasteiger partial charge on any atom is 0.258 e. The van der Waals surface area contributed by atoms with Gasteiger partial charge in [0.05, 0.1) is 6.10 Å². The summed E-state index contributed by atoms with van der Waals surface area (Å²) < 4.78 is 11.4. The van der Waals surface area contributed by atoms with Crippen molar-refractivity contribution in [1.82, 2.24) is 15.1 Å². The van der Waals surface area contributed by atoms with Crippen LogP contribution in [0.1, 0.15) is 49.7 Å². The predicted molar refractivity (Wildman–Crippen MR) is 132 cm³/mol. The Hall–Kier alpha value is -3.30. The first-order valence-corrected chi connectivity index (χ1v) is 11.8. The molecule has 9 nitrogen and oxygen atoms in total. The quantitative estimate of drug-likeness (QED) is 0.378. The summed E-state index contributed by atoms with van der Waals surface area (Å²) in [6.07, 6.45) is -1.10. The van der Waals surface area contributed by atoms with Gasteiger partial charge in [-0.3, -0.25) is 9.78 Å². The van der Waals surface area contributed by atoms with E-state index in [1.807, 2.05) is 45.0 Å². The number of nitrogens with two attached hydrogens (primary N) is 1. The number of benzene rings is 1. The number of nitrogens with zero attached hydrogens (tertiary/aromatic N) is 3. The summed E-state index contributed by atoms with van der Waals surface area (Å²) in [5.74, 6) is 1.14. The van der Waals surface area contributed by atoms with Crippen LogP contribution in [0.25, 0.3) is 22.8 Å². The monoisotopic (exact) mass is 482 g/mol. The molecule has 0 saturated carbocycles. The molecule has 3 aromatic rings. The van der Waals surface area contributed by atoms with Crippen molar-refractivity contribution in [3.8, 4) is 28.6 Å². The highest BCUT2D eigenvalue weighted by Gasteiger charge is 2.19. The van der Waals surface area contributed by atoms with Gasteiger partial charge >= 0.3 is 0 Å². The van der Waals surface area contributed by atoms with E-state index in [1.165, 1.54) is 0 Å². The Morgan fingerprint density at radius 1 is 1.11 bits per heavy atom. The number of carbonyl (C=O) groups excluding carboxylic acids is 1. The zero-order valence-corrected chi connectivity index (χ0v) is 20.9. The molecule has 0 radical (unpaired) electrons. The van der Waals surface area contributed by atoms with Crippen LogP contribution >= 0.6 is 0 Å². The van der Waals surface area contributed by atoms with Crippen LogP contribution < -0.4 is 10.5 Å². The minimum atomic E-state index is -1.42. The van der Waals surface area contributed by atoms with E-state index in [0.29, 0.717) is 29.8 Å². The number of ether oxygens (including phenoxy) is 1. The minimum Gasteiger partial charge on any atom is -0.490 e. The molecule has 0 bridgehead atoms. The first-order chi connectivity index (χ1) is 16.6. The highest BCUT2D eigenvalue weighted by atomic mass is 16.5. The number of aromatic nitrogens is 3. The van der Waals surface area contributed by atoms with Crippen LogP contribution in [0.3, 0.4) is 0 Å². The fourth-order valence-corrected chi connectivity index (χ4v) is 3.91. The number of hydrogen-bond donors (Lipinski definition) is 3. The Balaban J connectivity index is 1.81. The van der Waals surface area contributed by atoms with Gasteiger partial charge in [-0.05, 0) is 68.0 Å². The van der Waals surface area contributed by atoms with E-state index in [9.17, 15) is 15.0 Å². The molecule has 0 fully saturated rings. The first-order valence-electron chi connectivity index (χ1n) is 11.8. The molecule has 1 aromatic carbocycles. The third-order valence-electron chi connectivity index (χ3n) is 5.53. The molecule has 1 amide bonds. The maximum absolute atomic E-state index is 11.0. The van der Waals surface area contributed by atoms with Gasteiger partial charge < -0.3 is 25.2 Å². The molecule has 1 unspecified atom stereocenters. The zero-order chi connectivity index (χ0) is 25.7. The van der Waals surface area contributed by atoms with Crippen LogP contribution in [-0.2, 0) is 17.6 Å². The molecular weight excluding hydrogens is 448 g/mol. The topological polar surface area (TPSA) is 145 Å². The van der Waals surface area contributed by atoms with Crippen LogP contribution in [0.4, 0.5) is 0 Å². The fraction of sp³-hybridized carbons (Fsp3) is 0.462. The van der Waals surface area contributed by atoms with E-state index in [-0.39, 0.29) is 13.0 Å². The average molecular weight is 483 g/mol. The largest absolute Gasteiger partial charge is 0.490 e. The number of hydrogen-bond acceptors (Lipinski definition) is 8. The smallest absolute Gasteiger partial charge is 0.258 e. The minimum absolute atomic E-state index is 0.0794. The molecule has 0 spiro atoms. The summed E-state index contributed by atoms with van der Waals surface area (Å²) in [4.78, 5) is 20.2. The number of amides is 1. The van der Waals surface area contributed by atoms with E-state index >= 15 is 0 Å². The summed E-state index contributed by atoms with van der Waals surface area (Å²) in [5, 5.41) is 23.8. The summed E-state index contributed by atoms with van der Waals surface area (Å²) in [5.41, 5.74) is 10.3. The lowest BCUT2D eigenvalue weighted by Crippen LogP contribution is -2.33. The molecule has 3 rings (SSSR count). The van der Waals surface area contributed by atoms with Crippen LogP contribution in [0.15, 0.2) is 28.8 Å². The van der Waals surface area contributed by atoms with Gasteiger partial charge in [0.25, 0.3) is 5.89 Å². The molecule has 0 aliphatic rings. The van der Waals surface area contributed by atoms with Gasteiger partial charge in [-0.2, -0.15) is 4.98 Å². The highest BCUT2D eigenvalue weighted by molar-refractivity contribution is 5.78. The molecule has 35 heavy (non-hydrogen) atoms. The lowest BCUT2D eigenvalue weighted by Gasteiger charge is -2.18. The van der Waals surface area contributed by atoms with Crippen LogP contribution in [0, 0.1) is 19.8 Å². The first kappa shape index (κ1) is 26.3. The van der Waals surface area contributed by atoms with E-state index in [1.54, 1.807) is 0 Å². The molecule has 0 aliphatic carbocycles. The van der Waals surface area contributed by atoms with Crippen molar-refractivity contribution in [2.75, 3.05) is 6.61 Å². The van der Waals surface area contributed by atoms with Crippen molar-refractivity contribution in [2.24, 2.45) is 11.7 Å². The molecular formula is C26H34N4O5. The normalized spacial score (nSPS) is 13.1. The number of carbonyl (C=O) groups is 1. The third kappa shape index (κ3) is 6.86. The van der Waals surface area contributed by atoms with E-state index in [2.05, 4.69) is 29.0 Å². The van der Waals surface area contributed by atoms with Crippen LogP contribution in [0.5, 0.6) is 5.75 Å². The van der Waals surface area contributed by atoms with Gasteiger partial charge in [0.15, 0.2) is 0 Å². The second kappa shape index (κ2) is 11.4. The second-order valence-electron chi connectivity index (χ2n) is 9.26. The maximum atomic E-state index is 11.0. The third-order valence-corrected chi connectivity index (χ3v) is 5.53. The lowest BCUT2D eigenvalue weighted by molar-refractivity contribution is -0.127. The molecule has 2 atom stereocenters. The van der Waals surface area contributed by atoms with Crippen molar-refractivity contribution < 1.29 is 24.3 Å². The molecule has 0 saturated heterocycles. The van der Waals surface area contributed by atoms with E-state index in [0.717, 1.165) is 40.1 Å². The molecule has 188 valence electrons. The fourth-order valence-electron chi connectivity index (χ4n) is 3.91.